The predicted molar refractivity (Wildman–Crippen MR) is 108 cm³/mol. The molecule has 128 valence electrons. The topological polar surface area (TPSA) is 45.7 Å². The van der Waals surface area contributed by atoms with Crippen LogP contribution < -0.4 is 15.4 Å². The van der Waals surface area contributed by atoms with Gasteiger partial charge in [-0.05, 0) is 30.4 Å². The van der Waals surface area contributed by atoms with E-state index < -0.39 is 0 Å². The zero-order chi connectivity index (χ0) is 15.8. The fraction of sp³-hybridized carbons (Fsp3) is 0.500. The van der Waals surface area contributed by atoms with E-state index in [2.05, 4.69) is 53.8 Å². The van der Waals surface area contributed by atoms with Crippen LogP contribution in [0.4, 0.5) is 0 Å². The van der Waals surface area contributed by atoms with Gasteiger partial charge in [-0.2, -0.15) is 0 Å². The predicted octanol–water partition coefficient (Wildman–Crippen LogP) is 3.69. The van der Waals surface area contributed by atoms with E-state index in [0.717, 1.165) is 31.1 Å². The molecule has 0 saturated carbocycles. The maximum Gasteiger partial charge on any atom is 0.191 e. The summed E-state index contributed by atoms with van der Waals surface area (Å²) >= 11 is 0. The summed E-state index contributed by atoms with van der Waals surface area (Å²) in [5, 5.41) is 6.72. The molecule has 5 heteroatoms. The lowest BCUT2D eigenvalue weighted by molar-refractivity contribution is 0.317. The molecule has 0 aromatic heterocycles. The van der Waals surface area contributed by atoms with E-state index in [-0.39, 0.29) is 24.0 Å². The van der Waals surface area contributed by atoms with Crippen molar-refractivity contribution in [2.45, 2.75) is 38.6 Å². The maximum absolute atomic E-state index is 5.91. The minimum atomic E-state index is 0. The molecule has 2 rings (SSSR count). The summed E-state index contributed by atoms with van der Waals surface area (Å²) in [6.07, 6.45) is 6.55. The summed E-state index contributed by atoms with van der Waals surface area (Å²) < 4.78 is 5.91. The molecule has 0 spiro atoms. The number of halogens is 1. The van der Waals surface area contributed by atoms with Crippen LogP contribution in [0.2, 0.25) is 0 Å². The second-order valence-electron chi connectivity index (χ2n) is 5.82. The minimum absolute atomic E-state index is 0. The average molecular weight is 429 g/mol. The molecule has 1 aliphatic rings. The van der Waals surface area contributed by atoms with Crippen LogP contribution in [0.25, 0.3) is 0 Å². The average Bonchev–Trinajstić information content (AvgIpc) is 3.03. The van der Waals surface area contributed by atoms with Crippen molar-refractivity contribution in [2.75, 3.05) is 20.2 Å². The molecule has 1 aliphatic carbocycles. The number of guanidine groups is 1. The molecule has 0 unspecified atom stereocenters. The molecular weight excluding hydrogens is 401 g/mol. The van der Waals surface area contributed by atoms with Crippen molar-refractivity contribution < 1.29 is 4.74 Å². The second kappa shape index (κ2) is 10.5. The van der Waals surface area contributed by atoms with Gasteiger partial charge >= 0.3 is 0 Å². The summed E-state index contributed by atoms with van der Waals surface area (Å²) in [5.41, 5.74) is 1.25. The highest BCUT2D eigenvalue weighted by molar-refractivity contribution is 14.0. The van der Waals surface area contributed by atoms with Gasteiger partial charge in [-0.15, -0.1) is 24.0 Å². The first-order valence-electron chi connectivity index (χ1n) is 8.04. The summed E-state index contributed by atoms with van der Waals surface area (Å²) in [6.45, 7) is 5.71. The van der Waals surface area contributed by atoms with Crippen LogP contribution in [-0.2, 0) is 0 Å². The van der Waals surface area contributed by atoms with Crippen LogP contribution in [0.5, 0.6) is 5.75 Å². The molecule has 0 saturated heterocycles. The van der Waals surface area contributed by atoms with Gasteiger partial charge in [0.15, 0.2) is 5.96 Å². The number of para-hydroxylation sites is 1. The monoisotopic (exact) mass is 429 g/mol. The van der Waals surface area contributed by atoms with Crippen molar-refractivity contribution in [3.63, 3.8) is 0 Å². The fourth-order valence-corrected chi connectivity index (χ4v) is 2.54. The third-order valence-corrected chi connectivity index (χ3v) is 3.77. The van der Waals surface area contributed by atoms with E-state index >= 15 is 0 Å². The van der Waals surface area contributed by atoms with Gasteiger partial charge in [0, 0.05) is 13.1 Å². The number of nitrogens with zero attached hydrogens (tertiary/aromatic N) is 1. The van der Waals surface area contributed by atoms with Crippen LogP contribution in [0.15, 0.2) is 41.4 Å². The lowest BCUT2D eigenvalue weighted by Gasteiger charge is -2.18. The van der Waals surface area contributed by atoms with Crippen molar-refractivity contribution in [1.29, 1.82) is 0 Å². The number of nitrogens with one attached hydrogen (secondary N) is 2. The Balaban J connectivity index is 0.00000264. The molecule has 0 amide bonds. The fourth-order valence-electron chi connectivity index (χ4n) is 2.54. The van der Waals surface area contributed by atoms with E-state index in [0.29, 0.717) is 18.6 Å². The summed E-state index contributed by atoms with van der Waals surface area (Å²) in [4.78, 5) is 4.25. The first kappa shape index (κ1) is 19.8. The van der Waals surface area contributed by atoms with E-state index in [4.69, 9.17) is 4.74 Å². The molecule has 23 heavy (non-hydrogen) atoms. The molecule has 0 aliphatic heterocycles. The van der Waals surface area contributed by atoms with Crippen LogP contribution in [0, 0.1) is 0 Å². The standard InChI is InChI=1S/C18H27N3O.HI/c1-14(2)16-10-6-7-11-17(16)22-13-12-20-18(19-3)21-15-8-4-5-9-15;/h4-7,10-11,14-15H,8-9,12-13H2,1-3H3,(H2,19,20,21);1H. The Kier molecular flexibility index (Phi) is 9.06. The number of aliphatic imine (C=N–C) groups is 1. The van der Waals surface area contributed by atoms with Crippen molar-refractivity contribution in [3.8, 4) is 5.75 Å². The highest BCUT2D eigenvalue weighted by Gasteiger charge is 2.11. The van der Waals surface area contributed by atoms with Gasteiger partial charge in [0.05, 0.1) is 6.54 Å². The molecule has 4 nitrogen and oxygen atoms in total. The molecule has 0 radical (unpaired) electrons. The third-order valence-electron chi connectivity index (χ3n) is 3.77. The van der Waals surface area contributed by atoms with Crippen LogP contribution in [0.1, 0.15) is 38.2 Å². The Labute approximate surface area is 156 Å². The molecular formula is C18H28IN3O. The normalized spacial score (nSPS) is 14.7. The van der Waals surface area contributed by atoms with E-state index in [1.807, 2.05) is 12.1 Å². The SMILES string of the molecule is CN=C(NCCOc1ccccc1C(C)C)NC1CC=CC1.I. The number of hydrogen-bond acceptors (Lipinski definition) is 2. The molecule has 0 fully saturated rings. The molecule has 1 aromatic rings. The largest absolute Gasteiger partial charge is 0.491 e. The molecule has 2 N–H and O–H groups in total. The minimum Gasteiger partial charge on any atom is -0.491 e. The lowest BCUT2D eigenvalue weighted by atomic mass is 10.0. The quantitative estimate of drug-likeness (QED) is 0.238. The summed E-state index contributed by atoms with van der Waals surface area (Å²) in [6, 6.07) is 8.70. The van der Waals surface area contributed by atoms with Crippen LogP contribution in [0.3, 0.4) is 0 Å². The van der Waals surface area contributed by atoms with Crippen molar-refractivity contribution in [3.05, 3.63) is 42.0 Å². The highest BCUT2D eigenvalue weighted by Crippen LogP contribution is 2.25. The number of rotatable bonds is 6. The summed E-state index contributed by atoms with van der Waals surface area (Å²) in [5.74, 6) is 2.28. The first-order chi connectivity index (χ1) is 10.7. The van der Waals surface area contributed by atoms with E-state index in [1.54, 1.807) is 7.05 Å². The Morgan fingerprint density at radius 1 is 1.26 bits per heavy atom. The van der Waals surface area contributed by atoms with Crippen LogP contribution in [-0.4, -0.2) is 32.2 Å². The summed E-state index contributed by atoms with van der Waals surface area (Å²) in [7, 11) is 1.80. The molecule has 1 aromatic carbocycles. The molecule has 0 heterocycles. The van der Waals surface area contributed by atoms with Gasteiger partial charge in [0.25, 0.3) is 0 Å². The van der Waals surface area contributed by atoms with Gasteiger partial charge in [0.1, 0.15) is 12.4 Å². The van der Waals surface area contributed by atoms with Crippen LogP contribution >= 0.6 is 24.0 Å². The van der Waals surface area contributed by atoms with Gasteiger partial charge in [-0.25, -0.2) is 0 Å². The zero-order valence-electron chi connectivity index (χ0n) is 14.2. The molecule has 0 bridgehead atoms. The third kappa shape index (κ3) is 6.41. The van der Waals surface area contributed by atoms with E-state index in [1.165, 1.54) is 5.56 Å². The van der Waals surface area contributed by atoms with Gasteiger partial charge in [-0.3, -0.25) is 4.99 Å². The van der Waals surface area contributed by atoms with Crippen molar-refractivity contribution >= 4 is 29.9 Å². The Morgan fingerprint density at radius 2 is 1.96 bits per heavy atom. The highest BCUT2D eigenvalue weighted by atomic mass is 127. The van der Waals surface area contributed by atoms with Crippen molar-refractivity contribution in [2.24, 2.45) is 4.99 Å². The maximum atomic E-state index is 5.91. The Morgan fingerprint density at radius 3 is 2.61 bits per heavy atom. The Bertz CT molecular complexity index is 521. The number of ether oxygens (including phenoxy) is 1. The van der Waals surface area contributed by atoms with Gasteiger partial charge < -0.3 is 15.4 Å². The zero-order valence-corrected chi connectivity index (χ0v) is 16.5. The number of hydrogen-bond donors (Lipinski definition) is 2. The lowest BCUT2D eigenvalue weighted by Crippen LogP contribution is -2.43. The smallest absolute Gasteiger partial charge is 0.191 e. The second-order valence-corrected chi connectivity index (χ2v) is 5.82. The number of benzene rings is 1. The van der Waals surface area contributed by atoms with Gasteiger partial charge in [-0.1, -0.05) is 44.2 Å². The van der Waals surface area contributed by atoms with Gasteiger partial charge in [0.2, 0.25) is 0 Å². The first-order valence-corrected chi connectivity index (χ1v) is 8.04. The molecule has 0 atom stereocenters. The van der Waals surface area contributed by atoms with Crippen molar-refractivity contribution in [1.82, 2.24) is 10.6 Å². The van der Waals surface area contributed by atoms with E-state index in [9.17, 15) is 0 Å². The Hall–Kier alpha value is -1.24.